The molecule has 0 bridgehead atoms. The standard InChI is InChI=1S/C13H17ClN2O2S/c1-19-11-4-3-9(14)7-10(11)16-12(17)15-8-13(18)5-2-6-13/h3-4,7,18H,2,5-6,8H2,1H3,(H2,15,16,17). The number of rotatable bonds is 4. The largest absolute Gasteiger partial charge is 0.388 e. The summed E-state index contributed by atoms with van der Waals surface area (Å²) in [6, 6.07) is 5.04. The van der Waals surface area contributed by atoms with E-state index in [9.17, 15) is 9.90 Å². The fourth-order valence-electron chi connectivity index (χ4n) is 1.95. The van der Waals surface area contributed by atoms with Crippen LogP contribution in [0.2, 0.25) is 5.02 Å². The highest BCUT2D eigenvalue weighted by atomic mass is 35.5. The summed E-state index contributed by atoms with van der Waals surface area (Å²) in [5.41, 5.74) is -0.0355. The molecule has 1 aromatic rings. The van der Waals surface area contributed by atoms with Crippen LogP contribution in [-0.2, 0) is 0 Å². The van der Waals surface area contributed by atoms with Gasteiger partial charge in [-0.25, -0.2) is 4.79 Å². The van der Waals surface area contributed by atoms with Crippen molar-refractivity contribution in [2.45, 2.75) is 29.8 Å². The quantitative estimate of drug-likeness (QED) is 0.749. The van der Waals surface area contributed by atoms with Gasteiger partial charge >= 0.3 is 6.03 Å². The topological polar surface area (TPSA) is 61.4 Å². The lowest BCUT2D eigenvalue weighted by Gasteiger charge is -2.36. The normalized spacial score (nSPS) is 16.6. The molecule has 0 saturated heterocycles. The molecule has 19 heavy (non-hydrogen) atoms. The van der Waals surface area contributed by atoms with Crippen molar-refractivity contribution in [1.82, 2.24) is 5.32 Å². The molecule has 0 aromatic heterocycles. The van der Waals surface area contributed by atoms with Gasteiger partial charge in [-0.2, -0.15) is 0 Å². The first-order chi connectivity index (χ1) is 9.02. The molecule has 0 spiro atoms. The van der Waals surface area contributed by atoms with Gasteiger partial charge in [0.1, 0.15) is 0 Å². The van der Waals surface area contributed by atoms with Crippen molar-refractivity contribution in [3.8, 4) is 0 Å². The van der Waals surface area contributed by atoms with Crippen molar-refractivity contribution < 1.29 is 9.90 Å². The van der Waals surface area contributed by atoms with Gasteiger partial charge in [-0.3, -0.25) is 0 Å². The third-order valence-corrected chi connectivity index (χ3v) is 4.30. The minimum absolute atomic E-state index is 0.286. The molecule has 1 saturated carbocycles. The summed E-state index contributed by atoms with van der Waals surface area (Å²) in [6.45, 7) is 0.286. The smallest absolute Gasteiger partial charge is 0.319 e. The summed E-state index contributed by atoms with van der Waals surface area (Å²) in [4.78, 5) is 12.7. The number of amides is 2. The van der Waals surface area contributed by atoms with Gasteiger partial charge in [0.25, 0.3) is 0 Å². The average Bonchev–Trinajstić information content (AvgIpc) is 2.34. The van der Waals surface area contributed by atoms with E-state index in [0.29, 0.717) is 10.7 Å². The van der Waals surface area contributed by atoms with Crippen molar-refractivity contribution in [1.29, 1.82) is 0 Å². The van der Waals surface area contributed by atoms with E-state index in [4.69, 9.17) is 11.6 Å². The maximum Gasteiger partial charge on any atom is 0.319 e. The third kappa shape index (κ3) is 3.78. The Labute approximate surface area is 121 Å². The van der Waals surface area contributed by atoms with Crippen LogP contribution in [0.15, 0.2) is 23.1 Å². The van der Waals surface area contributed by atoms with E-state index in [1.54, 1.807) is 12.1 Å². The van der Waals surface area contributed by atoms with Crippen LogP contribution in [0.4, 0.5) is 10.5 Å². The molecule has 2 rings (SSSR count). The number of thioether (sulfide) groups is 1. The Morgan fingerprint density at radius 1 is 1.53 bits per heavy atom. The Bertz CT molecular complexity index is 478. The monoisotopic (exact) mass is 300 g/mol. The van der Waals surface area contributed by atoms with E-state index < -0.39 is 5.60 Å². The molecule has 1 fully saturated rings. The second kappa shape index (κ2) is 6.03. The Morgan fingerprint density at radius 2 is 2.26 bits per heavy atom. The second-order valence-electron chi connectivity index (χ2n) is 4.73. The zero-order valence-electron chi connectivity index (χ0n) is 10.7. The van der Waals surface area contributed by atoms with E-state index in [1.165, 1.54) is 11.8 Å². The molecule has 1 aliphatic rings. The number of halogens is 1. The number of carbonyl (C=O) groups excluding carboxylic acids is 1. The Morgan fingerprint density at radius 3 is 2.84 bits per heavy atom. The molecule has 0 unspecified atom stereocenters. The number of carbonyl (C=O) groups is 1. The highest BCUT2D eigenvalue weighted by Crippen LogP contribution is 2.31. The molecule has 104 valence electrons. The molecular formula is C13H17ClN2O2S. The summed E-state index contributed by atoms with van der Waals surface area (Å²) < 4.78 is 0. The lowest BCUT2D eigenvalue weighted by Crippen LogP contribution is -2.48. The van der Waals surface area contributed by atoms with E-state index in [1.807, 2.05) is 12.3 Å². The molecule has 4 nitrogen and oxygen atoms in total. The fourth-order valence-corrected chi connectivity index (χ4v) is 2.66. The van der Waals surface area contributed by atoms with E-state index in [2.05, 4.69) is 10.6 Å². The molecule has 0 heterocycles. The summed E-state index contributed by atoms with van der Waals surface area (Å²) in [7, 11) is 0. The lowest BCUT2D eigenvalue weighted by atomic mass is 9.80. The summed E-state index contributed by atoms with van der Waals surface area (Å²) in [5.74, 6) is 0. The Balaban J connectivity index is 1.92. The number of aliphatic hydroxyl groups is 1. The van der Waals surface area contributed by atoms with Gasteiger partial charge < -0.3 is 15.7 Å². The summed E-state index contributed by atoms with van der Waals surface area (Å²) >= 11 is 7.45. The second-order valence-corrected chi connectivity index (χ2v) is 6.01. The van der Waals surface area contributed by atoms with Crippen LogP contribution in [0.25, 0.3) is 0 Å². The van der Waals surface area contributed by atoms with Crippen LogP contribution in [0, 0.1) is 0 Å². The molecule has 0 aliphatic heterocycles. The van der Waals surface area contributed by atoms with Crippen LogP contribution < -0.4 is 10.6 Å². The van der Waals surface area contributed by atoms with Gasteiger partial charge in [-0.05, 0) is 43.7 Å². The number of anilines is 1. The Kier molecular flexibility index (Phi) is 4.60. The molecule has 6 heteroatoms. The predicted octanol–water partition coefficient (Wildman–Crippen LogP) is 3.10. The van der Waals surface area contributed by atoms with E-state index >= 15 is 0 Å². The van der Waals surface area contributed by atoms with Crippen molar-refractivity contribution in [2.24, 2.45) is 0 Å². The Hall–Kier alpha value is -0.910. The summed E-state index contributed by atoms with van der Waals surface area (Å²) in [5, 5.41) is 15.9. The first-order valence-corrected chi connectivity index (χ1v) is 7.73. The van der Waals surface area contributed by atoms with Gasteiger partial charge in [-0.1, -0.05) is 11.6 Å². The SMILES string of the molecule is CSc1ccc(Cl)cc1NC(=O)NCC1(O)CCC1. The van der Waals surface area contributed by atoms with Crippen LogP contribution in [-0.4, -0.2) is 29.5 Å². The maximum atomic E-state index is 11.8. The van der Waals surface area contributed by atoms with Gasteiger partial charge in [-0.15, -0.1) is 11.8 Å². The van der Waals surface area contributed by atoms with Crippen molar-refractivity contribution >= 4 is 35.1 Å². The molecule has 0 radical (unpaired) electrons. The van der Waals surface area contributed by atoms with E-state index in [0.717, 1.165) is 24.2 Å². The van der Waals surface area contributed by atoms with Crippen LogP contribution in [0.5, 0.6) is 0 Å². The van der Waals surface area contributed by atoms with Crippen LogP contribution >= 0.6 is 23.4 Å². The number of nitrogens with one attached hydrogen (secondary N) is 2. The van der Waals surface area contributed by atoms with Gasteiger partial charge in [0.2, 0.25) is 0 Å². The zero-order valence-corrected chi connectivity index (χ0v) is 12.3. The molecule has 1 aliphatic carbocycles. The minimum atomic E-state index is -0.714. The molecule has 3 N–H and O–H groups in total. The van der Waals surface area contributed by atoms with E-state index in [-0.39, 0.29) is 12.6 Å². The lowest BCUT2D eigenvalue weighted by molar-refractivity contribution is -0.0287. The highest BCUT2D eigenvalue weighted by molar-refractivity contribution is 7.98. The van der Waals surface area contributed by atoms with Crippen molar-refractivity contribution in [3.63, 3.8) is 0 Å². The number of urea groups is 1. The number of benzene rings is 1. The first-order valence-electron chi connectivity index (χ1n) is 6.13. The average molecular weight is 301 g/mol. The number of hydrogen-bond acceptors (Lipinski definition) is 3. The minimum Gasteiger partial charge on any atom is -0.388 e. The zero-order chi connectivity index (χ0) is 13.9. The third-order valence-electron chi connectivity index (χ3n) is 3.27. The molecule has 0 atom stereocenters. The molecular weight excluding hydrogens is 284 g/mol. The first kappa shape index (κ1) is 14.5. The fraction of sp³-hybridized carbons (Fsp3) is 0.462. The molecule has 2 amide bonds. The van der Waals surface area contributed by atoms with Gasteiger partial charge in [0.05, 0.1) is 11.3 Å². The van der Waals surface area contributed by atoms with Crippen molar-refractivity contribution in [3.05, 3.63) is 23.2 Å². The number of hydrogen-bond donors (Lipinski definition) is 3. The van der Waals surface area contributed by atoms with Crippen LogP contribution in [0.1, 0.15) is 19.3 Å². The molecule has 1 aromatic carbocycles. The van der Waals surface area contributed by atoms with Crippen LogP contribution in [0.3, 0.4) is 0 Å². The summed E-state index contributed by atoms with van der Waals surface area (Å²) in [6.07, 6.45) is 4.45. The maximum absolute atomic E-state index is 11.8. The van der Waals surface area contributed by atoms with Gasteiger partial charge in [0.15, 0.2) is 0 Å². The predicted molar refractivity (Wildman–Crippen MR) is 79.1 cm³/mol. The van der Waals surface area contributed by atoms with Crippen molar-refractivity contribution in [2.75, 3.05) is 18.1 Å². The highest BCUT2D eigenvalue weighted by Gasteiger charge is 2.34. The van der Waals surface area contributed by atoms with Gasteiger partial charge in [0, 0.05) is 16.5 Å².